The van der Waals surface area contributed by atoms with Crippen molar-refractivity contribution in [3.63, 3.8) is 0 Å². The van der Waals surface area contributed by atoms with Gasteiger partial charge in [0, 0.05) is 26.6 Å². The van der Waals surface area contributed by atoms with Crippen LogP contribution < -0.4 is 15.7 Å². The second-order valence-corrected chi connectivity index (χ2v) is 6.18. The number of para-hydroxylation sites is 2. The van der Waals surface area contributed by atoms with Crippen LogP contribution in [0.1, 0.15) is 12.0 Å². The van der Waals surface area contributed by atoms with Gasteiger partial charge in [-0.15, -0.1) is 0 Å². The summed E-state index contributed by atoms with van der Waals surface area (Å²) in [6.45, 7) is 0.871. The number of carbonyl (C=O) groups is 1. The summed E-state index contributed by atoms with van der Waals surface area (Å²) in [6.07, 6.45) is 1.05. The smallest absolute Gasteiger partial charge is 0.328 e. The monoisotopic (exact) mass is 353 g/mol. The van der Waals surface area contributed by atoms with Crippen molar-refractivity contribution in [1.29, 1.82) is 0 Å². The molecule has 3 aromatic rings. The summed E-state index contributed by atoms with van der Waals surface area (Å²) in [5.41, 5.74) is 2.76. The van der Waals surface area contributed by atoms with Gasteiger partial charge in [0.05, 0.1) is 18.1 Å². The number of rotatable bonds is 7. The van der Waals surface area contributed by atoms with E-state index in [-0.39, 0.29) is 11.6 Å². The van der Waals surface area contributed by atoms with E-state index in [1.54, 1.807) is 23.3 Å². The number of ether oxygens (including phenoxy) is 1. The molecule has 0 atom stereocenters. The number of aryl methyl sites for hydroxylation is 2. The molecule has 0 bridgehead atoms. The highest BCUT2D eigenvalue weighted by Crippen LogP contribution is 2.14. The van der Waals surface area contributed by atoms with Crippen LogP contribution in [-0.2, 0) is 24.8 Å². The first-order chi connectivity index (χ1) is 12.6. The Morgan fingerprint density at radius 1 is 1.12 bits per heavy atom. The molecule has 0 radical (unpaired) electrons. The molecule has 3 rings (SSSR count). The van der Waals surface area contributed by atoms with E-state index in [2.05, 4.69) is 5.32 Å². The molecule has 0 aliphatic carbocycles. The Hall–Kier alpha value is -3.02. The number of aromatic nitrogens is 2. The number of fused-ring (bicyclic) bond motifs is 1. The fraction of sp³-hybridized carbons (Fsp3) is 0.300. The summed E-state index contributed by atoms with van der Waals surface area (Å²) in [5, 5.41) is 2.89. The summed E-state index contributed by atoms with van der Waals surface area (Å²) in [6, 6.07) is 15.4. The van der Waals surface area contributed by atoms with Crippen molar-refractivity contribution >= 4 is 16.9 Å². The lowest BCUT2D eigenvalue weighted by molar-refractivity contribution is -0.121. The minimum atomic E-state index is -0.0724. The number of hydrogen-bond donors (Lipinski definition) is 1. The van der Waals surface area contributed by atoms with E-state index in [4.69, 9.17) is 4.74 Å². The molecule has 1 heterocycles. The molecule has 0 unspecified atom stereocenters. The zero-order valence-corrected chi connectivity index (χ0v) is 15.1. The molecule has 6 nitrogen and oxygen atoms in total. The SMILES string of the molecule is COc1cccc(CCC(=O)NCCn2c(=O)n(C)c3ccccc32)c1. The van der Waals surface area contributed by atoms with Gasteiger partial charge in [-0.3, -0.25) is 13.9 Å². The van der Waals surface area contributed by atoms with Gasteiger partial charge in [-0.1, -0.05) is 24.3 Å². The quantitative estimate of drug-likeness (QED) is 0.707. The normalized spacial score (nSPS) is 10.8. The lowest BCUT2D eigenvalue weighted by Crippen LogP contribution is -2.31. The Kier molecular flexibility index (Phi) is 5.41. The fourth-order valence-electron chi connectivity index (χ4n) is 3.06. The number of nitrogens with one attached hydrogen (secondary N) is 1. The maximum atomic E-state index is 12.3. The van der Waals surface area contributed by atoms with Gasteiger partial charge in [-0.05, 0) is 36.2 Å². The van der Waals surface area contributed by atoms with Crippen molar-refractivity contribution in [3.05, 3.63) is 64.6 Å². The van der Waals surface area contributed by atoms with E-state index in [0.717, 1.165) is 22.3 Å². The first-order valence-electron chi connectivity index (χ1n) is 8.64. The zero-order valence-electron chi connectivity index (χ0n) is 15.1. The Labute approximate surface area is 152 Å². The third-order valence-corrected chi connectivity index (χ3v) is 4.48. The Morgan fingerprint density at radius 2 is 1.88 bits per heavy atom. The summed E-state index contributed by atoms with van der Waals surface area (Å²) in [4.78, 5) is 24.4. The molecule has 2 aromatic carbocycles. The predicted octanol–water partition coefficient (Wildman–Crippen LogP) is 2.10. The molecular formula is C20H23N3O3. The Bertz CT molecular complexity index is 972. The first kappa shape index (κ1) is 17.8. The summed E-state index contributed by atoms with van der Waals surface area (Å²) in [5.74, 6) is 0.763. The molecule has 0 saturated carbocycles. The molecule has 0 aliphatic heterocycles. The van der Waals surface area contributed by atoms with E-state index in [9.17, 15) is 9.59 Å². The number of nitrogens with zero attached hydrogens (tertiary/aromatic N) is 2. The van der Waals surface area contributed by atoms with Crippen molar-refractivity contribution in [1.82, 2.24) is 14.5 Å². The Morgan fingerprint density at radius 3 is 2.65 bits per heavy atom. The van der Waals surface area contributed by atoms with E-state index in [1.807, 2.05) is 48.5 Å². The van der Waals surface area contributed by atoms with Gasteiger partial charge in [0.1, 0.15) is 5.75 Å². The van der Waals surface area contributed by atoms with Gasteiger partial charge in [-0.25, -0.2) is 4.79 Å². The molecule has 0 aliphatic rings. The minimum absolute atomic E-state index is 0.0268. The highest BCUT2D eigenvalue weighted by atomic mass is 16.5. The highest BCUT2D eigenvalue weighted by molar-refractivity contribution is 5.77. The van der Waals surface area contributed by atoms with Gasteiger partial charge in [0.2, 0.25) is 5.91 Å². The molecule has 0 saturated heterocycles. The third kappa shape index (κ3) is 3.79. The van der Waals surface area contributed by atoms with Gasteiger partial charge in [-0.2, -0.15) is 0 Å². The fourth-order valence-corrected chi connectivity index (χ4v) is 3.06. The maximum absolute atomic E-state index is 12.3. The molecule has 1 aromatic heterocycles. The van der Waals surface area contributed by atoms with Crippen molar-refractivity contribution < 1.29 is 9.53 Å². The Balaban J connectivity index is 1.54. The predicted molar refractivity (Wildman–Crippen MR) is 102 cm³/mol. The van der Waals surface area contributed by atoms with Crippen molar-refractivity contribution in [2.75, 3.05) is 13.7 Å². The van der Waals surface area contributed by atoms with E-state index in [1.165, 1.54) is 0 Å². The van der Waals surface area contributed by atoms with Crippen LogP contribution in [0.3, 0.4) is 0 Å². The van der Waals surface area contributed by atoms with Crippen molar-refractivity contribution in [2.24, 2.45) is 7.05 Å². The number of methoxy groups -OCH3 is 1. The summed E-state index contributed by atoms with van der Waals surface area (Å²) >= 11 is 0. The first-order valence-corrected chi connectivity index (χ1v) is 8.64. The second-order valence-electron chi connectivity index (χ2n) is 6.18. The van der Waals surface area contributed by atoms with Crippen molar-refractivity contribution in [3.8, 4) is 5.75 Å². The topological polar surface area (TPSA) is 65.3 Å². The highest BCUT2D eigenvalue weighted by Gasteiger charge is 2.10. The maximum Gasteiger partial charge on any atom is 0.328 e. The second kappa shape index (κ2) is 7.91. The summed E-state index contributed by atoms with van der Waals surface area (Å²) < 4.78 is 8.51. The zero-order chi connectivity index (χ0) is 18.5. The van der Waals surface area contributed by atoms with Crippen LogP contribution in [0.15, 0.2) is 53.3 Å². The standard InChI is InChI=1S/C20H23N3O3/c1-22-17-8-3-4-9-18(17)23(20(22)25)13-12-21-19(24)11-10-15-6-5-7-16(14-15)26-2/h3-9,14H,10-13H2,1-2H3,(H,21,24). The molecule has 136 valence electrons. The molecule has 26 heavy (non-hydrogen) atoms. The molecule has 0 fully saturated rings. The van der Waals surface area contributed by atoms with E-state index < -0.39 is 0 Å². The number of benzene rings is 2. The molecule has 1 amide bonds. The lowest BCUT2D eigenvalue weighted by Gasteiger charge is -2.07. The van der Waals surface area contributed by atoms with E-state index in [0.29, 0.717) is 25.9 Å². The molecule has 6 heteroatoms. The minimum Gasteiger partial charge on any atom is -0.497 e. The van der Waals surface area contributed by atoms with Crippen LogP contribution in [0.25, 0.3) is 11.0 Å². The summed E-state index contributed by atoms with van der Waals surface area (Å²) in [7, 11) is 3.38. The third-order valence-electron chi connectivity index (χ3n) is 4.48. The van der Waals surface area contributed by atoms with Crippen molar-refractivity contribution in [2.45, 2.75) is 19.4 Å². The van der Waals surface area contributed by atoms with Crippen LogP contribution in [0.4, 0.5) is 0 Å². The molecule has 0 spiro atoms. The van der Waals surface area contributed by atoms with Gasteiger partial charge >= 0.3 is 5.69 Å². The van der Waals surface area contributed by atoms with Crippen LogP contribution >= 0.6 is 0 Å². The van der Waals surface area contributed by atoms with Gasteiger partial charge in [0.15, 0.2) is 0 Å². The molecular weight excluding hydrogens is 330 g/mol. The van der Waals surface area contributed by atoms with E-state index >= 15 is 0 Å². The number of hydrogen-bond acceptors (Lipinski definition) is 3. The van der Waals surface area contributed by atoms with Crippen LogP contribution in [-0.4, -0.2) is 28.7 Å². The largest absolute Gasteiger partial charge is 0.497 e. The number of carbonyl (C=O) groups excluding carboxylic acids is 1. The van der Waals surface area contributed by atoms with Gasteiger partial charge in [0.25, 0.3) is 0 Å². The van der Waals surface area contributed by atoms with Crippen LogP contribution in [0, 0.1) is 0 Å². The lowest BCUT2D eigenvalue weighted by atomic mass is 10.1. The number of amides is 1. The van der Waals surface area contributed by atoms with Gasteiger partial charge < -0.3 is 10.1 Å². The van der Waals surface area contributed by atoms with Crippen LogP contribution in [0.5, 0.6) is 5.75 Å². The molecule has 1 N–H and O–H groups in total. The number of imidazole rings is 1. The average Bonchev–Trinajstić information content (AvgIpc) is 2.91. The average molecular weight is 353 g/mol. The van der Waals surface area contributed by atoms with Crippen LogP contribution in [0.2, 0.25) is 0 Å².